The number of aliphatic carboxylic acids is 1. The van der Waals surface area contributed by atoms with Crippen molar-refractivity contribution in [2.75, 3.05) is 6.54 Å². The second kappa shape index (κ2) is 11.9. The van der Waals surface area contributed by atoms with E-state index in [1.807, 2.05) is 43.3 Å². The molecule has 2 heterocycles. The first-order valence-corrected chi connectivity index (χ1v) is 11.7. The Bertz CT molecular complexity index is 1430. The monoisotopic (exact) mass is 550 g/mol. The minimum Gasteiger partial charge on any atom is -0.475 e. The third-order valence-corrected chi connectivity index (χ3v) is 5.82. The van der Waals surface area contributed by atoms with Gasteiger partial charge in [-0.05, 0) is 66.7 Å². The second-order valence-corrected chi connectivity index (χ2v) is 8.70. The van der Waals surface area contributed by atoms with Crippen LogP contribution in [0.1, 0.15) is 22.8 Å². The summed E-state index contributed by atoms with van der Waals surface area (Å²) in [4.78, 5) is 42.6. The second-order valence-electron chi connectivity index (χ2n) is 7.27. The lowest BCUT2D eigenvalue weighted by Crippen LogP contribution is -2.22. The predicted octanol–water partition coefficient (Wildman–Crippen LogP) is 5.16. The zero-order chi connectivity index (χ0) is 27.2. The number of halogens is 4. The number of carboxylic acids is 1. The predicted molar refractivity (Wildman–Crippen MR) is 136 cm³/mol. The van der Waals surface area contributed by atoms with Gasteiger partial charge in [-0.2, -0.15) is 13.2 Å². The molecule has 2 amide bonds. The maximum Gasteiger partial charge on any atom is 0.490 e. The number of pyridine rings is 1. The van der Waals surface area contributed by atoms with Gasteiger partial charge < -0.3 is 15.7 Å². The SMILES string of the molecule is CCNC(=O)c1ccc(Cl)c(N=C2NC(=O)/C(=C/c3ccc4ncccc4c3)S2)c1.O=C(O)C(F)(F)F. The number of nitrogens with zero attached hydrogens (tertiary/aromatic N) is 2. The number of aliphatic imine (C=N–C) groups is 1. The largest absolute Gasteiger partial charge is 0.490 e. The van der Waals surface area contributed by atoms with Gasteiger partial charge in [0.15, 0.2) is 5.17 Å². The van der Waals surface area contributed by atoms with Crippen molar-refractivity contribution in [1.82, 2.24) is 15.6 Å². The molecular formula is C24H18ClF3N4O4S. The molecule has 37 heavy (non-hydrogen) atoms. The first-order valence-electron chi connectivity index (χ1n) is 10.5. The van der Waals surface area contributed by atoms with Crippen molar-refractivity contribution in [3.05, 3.63) is 75.8 Å². The number of amides is 2. The Hall–Kier alpha value is -3.90. The standard InChI is InChI=1S/C22H17ClN4O2S.C2HF3O2/c1-2-24-20(28)15-6-7-16(23)18(12-15)26-22-27-21(29)19(30-22)11-13-5-8-17-14(10-13)4-3-9-25-17;3-2(4,5)1(6)7/h3-12H,2H2,1H3,(H,24,28)(H,26,27,29);(H,6,7)/b19-11-;. The van der Waals surface area contributed by atoms with Crippen LogP contribution in [-0.2, 0) is 9.59 Å². The molecule has 2 aromatic carbocycles. The van der Waals surface area contributed by atoms with E-state index < -0.39 is 12.1 Å². The van der Waals surface area contributed by atoms with Crippen LogP contribution in [0.25, 0.3) is 17.0 Å². The summed E-state index contributed by atoms with van der Waals surface area (Å²) in [6, 6.07) is 14.5. The van der Waals surface area contributed by atoms with Crippen LogP contribution in [-0.4, -0.2) is 45.8 Å². The molecule has 1 aliphatic heterocycles. The molecule has 1 aromatic heterocycles. The zero-order valence-corrected chi connectivity index (χ0v) is 20.5. The van der Waals surface area contributed by atoms with Crippen LogP contribution in [0.15, 0.2) is 64.6 Å². The van der Waals surface area contributed by atoms with Gasteiger partial charge in [0.2, 0.25) is 0 Å². The lowest BCUT2D eigenvalue weighted by atomic mass is 10.1. The van der Waals surface area contributed by atoms with Crippen molar-refractivity contribution >= 4 is 69.0 Å². The van der Waals surface area contributed by atoms with Crippen molar-refractivity contribution in [2.45, 2.75) is 13.1 Å². The Labute approximate surface area is 217 Å². The van der Waals surface area contributed by atoms with Crippen LogP contribution in [0.3, 0.4) is 0 Å². The third kappa shape index (κ3) is 7.54. The van der Waals surface area contributed by atoms with E-state index >= 15 is 0 Å². The first kappa shape index (κ1) is 27.7. The highest BCUT2D eigenvalue weighted by Gasteiger charge is 2.38. The van der Waals surface area contributed by atoms with Crippen LogP contribution in [0.5, 0.6) is 0 Å². The maximum atomic E-state index is 12.4. The molecule has 13 heteroatoms. The number of amidine groups is 1. The van der Waals surface area contributed by atoms with Gasteiger partial charge in [-0.15, -0.1) is 0 Å². The van der Waals surface area contributed by atoms with E-state index in [9.17, 15) is 22.8 Å². The highest BCUT2D eigenvalue weighted by Crippen LogP contribution is 2.32. The Kier molecular flexibility index (Phi) is 8.90. The van der Waals surface area contributed by atoms with E-state index in [0.29, 0.717) is 32.9 Å². The highest BCUT2D eigenvalue weighted by molar-refractivity contribution is 8.18. The average Bonchev–Trinajstić information content (AvgIpc) is 3.18. The summed E-state index contributed by atoms with van der Waals surface area (Å²) in [5.41, 5.74) is 2.66. The molecular weight excluding hydrogens is 533 g/mol. The molecule has 0 bridgehead atoms. The topological polar surface area (TPSA) is 121 Å². The number of hydrogen-bond donors (Lipinski definition) is 3. The molecule has 1 saturated heterocycles. The summed E-state index contributed by atoms with van der Waals surface area (Å²) < 4.78 is 31.7. The first-order chi connectivity index (χ1) is 17.5. The molecule has 0 aliphatic carbocycles. The van der Waals surface area contributed by atoms with Gasteiger partial charge in [0.1, 0.15) is 0 Å². The molecule has 0 saturated carbocycles. The third-order valence-electron chi connectivity index (χ3n) is 4.59. The van der Waals surface area contributed by atoms with Crippen LogP contribution < -0.4 is 10.6 Å². The number of hydrogen-bond acceptors (Lipinski definition) is 6. The van der Waals surface area contributed by atoms with E-state index in [1.165, 1.54) is 11.8 Å². The summed E-state index contributed by atoms with van der Waals surface area (Å²) in [6.07, 6.45) is -1.53. The van der Waals surface area contributed by atoms with E-state index in [-0.39, 0.29) is 11.8 Å². The Morgan fingerprint density at radius 3 is 2.62 bits per heavy atom. The molecule has 1 aliphatic rings. The average molecular weight is 551 g/mol. The van der Waals surface area contributed by atoms with E-state index in [4.69, 9.17) is 21.5 Å². The van der Waals surface area contributed by atoms with Gasteiger partial charge in [0, 0.05) is 23.7 Å². The van der Waals surface area contributed by atoms with Gasteiger partial charge in [0.25, 0.3) is 11.8 Å². The van der Waals surface area contributed by atoms with Gasteiger partial charge in [0.05, 0.1) is 21.1 Å². The molecule has 4 rings (SSSR count). The normalized spacial score (nSPS) is 15.3. The van der Waals surface area contributed by atoms with Crippen LogP contribution >= 0.6 is 23.4 Å². The summed E-state index contributed by atoms with van der Waals surface area (Å²) in [6.45, 7) is 2.37. The number of aromatic nitrogens is 1. The number of carbonyl (C=O) groups excluding carboxylic acids is 2. The van der Waals surface area contributed by atoms with Gasteiger partial charge in [-0.3, -0.25) is 14.6 Å². The number of alkyl halides is 3. The van der Waals surface area contributed by atoms with E-state index in [2.05, 4.69) is 20.6 Å². The quantitative estimate of drug-likeness (QED) is 0.386. The van der Waals surface area contributed by atoms with Crippen LogP contribution in [0.2, 0.25) is 5.02 Å². The zero-order valence-electron chi connectivity index (χ0n) is 19.0. The number of rotatable bonds is 4. The number of carboxylic acid groups (broad SMARTS) is 1. The summed E-state index contributed by atoms with van der Waals surface area (Å²) >= 11 is 7.46. The Balaban J connectivity index is 0.000000479. The number of nitrogens with one attached hydrogen (secondary N) is 2. The molecule has 8 nitrogen and oxygen atoms in total. The number of fused-ring (bicyclic) bond motifs is 1. The summed E-state index contributed by atoms with van der Waals surface area (Å²) in [5.74, 6) is -3.20. The smallest absolute Gasteiger partial charge is 0.475 e. The van der Waals surface area contributed by atoms with Gasteiger partial charge >= 0.3 is 12.1 Å². The minimum absolute atomic E-state index is 0.204. The molecule has 3 aromatic rings. The van der Waals surface area contributed by atoms with Crippen molar-refractivity contribution in [2.24, 2.45) is 4.99 Å². The van der Waals surface area contributed by atoms with Crippen LogP contribution in [0.4, 0.5) is 18.9 Å². The van der Waals surface area contributed by atoms with Gasteiger partial charge in [-0.25, -0.2) is 9.79 Å². The summed E-state index contributed by atoms with van der Waals surface area (Å²) in [5, 5.41) is 14.4. The molecule has 0 spiro atoms. The van der Waals surface area contributed by atoms with Crippen molar-refractivity contribution in [3.8, 4) is 0 Å². The fraction of sp³-hybridized carbons (Fsp3) is 0.125. The van der Waals surface area contributed by atoms with Crippen molar-refractivity contribution in [3.63, 3.8) is 0 Å². The Morgan fingerprint density at radius 1 is 1.22 bits per heavy atom. The maximum absolute atomic E-state index is 12.4. The number of thioether (sulfide) groups is 1. The highest BCUT2D eigenvalue weighted by atomic mass is 35.5. The van der Waals surface area contributed by atoms with Crippen molar-refractivity contribution < 1.29 is 32.7 Å². The van der Waals surface area contributed by atoms with E-state index in [0.717, 1.165) is 16.5 Å². The molecule has 3 N–H and O–H groups in total. The lowest BCUT2D eigenvalue weighted by molar-refractivity contribution is -0.192. The number of benzene rings is 2. The molecule has 192 valence electrons. The van der Waals surface area contributed by atoms with Crippen LogP contribution in [0, 0.1) is 0 Å². The minimum atomic E-state index is -5.08. The molecule has 0 unspecified atom stereocenters. The van der Waals surface area contributed by atoms with E-state index in [1.54, 1.807) is 24.4 Å². The van der Waals surface area contributed by atoms with Gasteiger partial charge in [-0.1, -0.05) is 23.7 Å². The molecule has 1 fully saturated rings. The molecule has 0 atom stereocenters. The number of carbonyl (C=O) groups is 3. The summed E-state index contributed by atoms with van der Waals surface area (Å²) in [7, 11) is 0. The molecule has 0 radical (unpaired) electrons. The fourth-order valence-electron chi connectivity index (χ4n) is 2.93. The van der Waals surface area contributed by atoms with Crippen molar-refractivity contribution in [1.29, 1.82) is 0 Å². The Morgan fingerprint density at radius 2 is 1.95 bits per heavy atom. The fourth-order valence-corrected chi connectivity index (χ4v) is 3.92. The lowest BCUT2D eigenvalue weighted by Gasteiger charge is -2.05.